The van der Waals surface area contributed by atoms with Crippen molar-refractivity contribution in [3.63, 3.8) is 0 Å². The second-order valence-corrected chi connectivity index (χ2v) is 8.90. The first-order valence-corrected chi connectivity index (χ1v) is 10.2. The highest BCUT2D eigenvalue weighted by Gasteiger charge is 2.21. The highest BCUT2D eigenvalue weighted by molar-refractivity contribution is 7.99. The van der Waals surface area contributed by atoms with Gasteiger partial charge in [-0.1, -0.05) is 23.9 Å². The van der Waals surface area contributed by atoms with E-state index in [9.17, 15) is 9.59 Å². The zero-order valence-electron chi connectivity index (χ0n) is 17.0. The molecule has 0 saturated heterocycles. The number of para-hydroxylation sites is 1. The molecule has 0 saturated carbocycles. The van der Waals surface area contributed by atoms with E-state index < -0.39 is 11.7 Å². The normalized spacial score (nSPS) is 12.3. The molecule has 0 unspecified atom stereocenters. The van der Waals surface area contributed by atoms with E-state index in [0.717, 1.165) is 21.2 Å². The first-order chi connectivity index (χ1) is 13.6. The molecular formula is C21H26N4O3S. The Morgan fingerprint density at radius 3 is 2.66 bits per heavy atom. The van der Waals surface area contributed by atoms with Crippen LogP contribution >= 0.6 is 11.8 Å². The van der Waals surface area contributed by atoms with E-state index in [4.69, 9.17) is 10.5 Å². The third-order valence-electron chi connectivity index (χ3n) is 4.20. The third kappa shape index (κ3) is 5.14. The summed E-state index contributed by atoms with van der Waals surface area (Å²) < 4.78 is 5.30. The molecule has 1 aliphatic heterocycles. The molecule has 7 nitrogen and oxygen atoms in total. The molecule has 1 aliphatic rings. The van der Waals surface area contributed by atoms with Crippen LogP contribution in [0, 0.1) is 0 Å². The van der Waals surface area contributed by atoms with Crippen molar-refractivity contribution >= 4 is 40.8 Å². The summed E-state index contributed by atoms with van der Waals surface area (Å²) >= 11 is 1.57. The molecule has 0 fully saturated rings. The predicted molar refractivity (Wildman–Crippen MR) is 116 cm³/mol. The summed E-state index contributed by atoms with van der Waals surface area (Å²) in [5.41, 5.74) is 8.44. The number of anilines is 3. The lowest BCUT2D eigenvalue weighted by Crippen LogP contribution is -2.39. The van der Waals surface area contributed by atoms with E-state index in [0.29, 0.717) is 24.3 Å². The Hall–Kier alpha value is -2.87. The molecule has 0 aromatic heterocycles. The molecular weight excluding hydrogens is 388 g/mol. The van der Waals surface area contributed by atoms with Gasteiger partial charge in [-0.3, -0.25) is 4.79 Å². The summed E-state index contributed by atoms with van der Waals surface area (Å²) in [6.45, 7) is 6.08. The number of likely N-dealkylation sites (N-methyl/N-ethyl adjacent to an activating group) is 1. The van der Waals surface area contributed by atoms with Crippen LogP contribution < -0.4 is 16.4 Å². The number of fused-ring (bicyclic) bond motifs is 2. The Morgan fingerprint density at radius 2 is 1.93 bits per heavy atom. The number of nitrogens with one attached hydrogen (secondary N) is 2. The maximum atomic E-state index is 12.6. The van der Waals surface area contributed by atoms with Gasteiger partial charge in [-0.25, -0.2) is 4.79 Å². The number of nitrogens with two attached hydrogens (primary N) is 1. The minimum absolute atomic E-state index is 0.239. The lowest BCUT2D eigenvalue weighted by atomic mass is 10.1. The molecule has 4 N–H and O–H groups in total. The van der Waals surface area contributed by atoms with Gasteiger partial charge in [-0.2, -0.15) is 0 Å². The fourth-order valence-corrected chi connectivity index (χ4v) is 3.83. The van der Waals surface area contributed by atoms with Crippen LogP contribution in [-0.2, 0) is 4.74 Å². The van der Waals surface area contributed by atoms with Crippen LogP contribution in [0.4, 0.5) is 21.9 Å². The minimum atomic E-state index is -0.556. The monoisotopic (exact) mass is 414 g/mol. The fourth-order valence-electron chi connectivity index (χ4n) is 2.76. The summed E-state index contributed by atoms with van der Waals surface area (Å²) in [6.07, 6.45) is -0.425. The van der Waals surface area contributed by atoms with Gasteiger partial charge in [0.2, 0.25) is 0 Å². The van der Waals surface area contributed by atoms with Crippen LogP contribution in [0.5, 0.6) is 0 Å². The van der Waals surface area contributed by atoms with Crippen LogP contribution in [-0.4, -0.2) is 42.6 Å². The Balaban J connectivity index is 1.61. The van der Waals surface area contributed by atoms with Crippen LogP contribution in [0.25, 0.3) is 0 Å². The van der Waals surface area contributed by atoms with Gasteiger partial charge >= 0.3 is 6.09 Å². The van der Waals surface area contributed by atoms with Crippen molar-refractivity contribution in [1.29, 1.82) is 0 Å². The molecule has 0 atom stereocenters. The topological polar surface area (TPSA) is 96.7 Å². The van der Waals surface area contributed by atoms with E-state index in [2.05, 4.69) is 10.6 Å². The number of nitrogen functional groups attached to an aromatic ring is 1. The first-order valence-electron chi connectivity index (χ1n) is 9.34. The zero-order valence-corrected chi connectivity index (χ0v) is 17.9. The highest BCUT2D eigenvalue weighted by atomic mass is 32.2. The SMILES string of the molecule is CN(CCNC(=O)c1cc(N)c2c(c1)Sc1ccccc1N2)C(=O)OC(C)(C)C. The number of carbonyl (C=O) groups excluding carboxylic acids is 2. The van der Waals surface area contributed by atoms with Crippen molar-refractivity contribution < 1.29 is 14.3 Å². The molecule has 3 rings (SSSR count). The van der Waals surface area contributed by atoms with Crippen molar-refractivity contribution in [2.24, 2.45) is 0 Å². The van der Waals surface area contributed by atoms with Gasteiger partial charge < -0.3 is 26.0 Å². The standard InChI is InChI=1S/C21H26N4O3S/c1-21(2,3)28-20(27)25(4)10-9-23-19(26)13-11-14(22)18-17(12-13)29-16-8-6-5-7-15(16)24-18/h5-8,11-12,24H,9-10,22H2,1-4H3,(H,23,26). The third-order valence-corrected chi connectivity index (χ3v) is 5.32. The fraction of sp³-hybridized carbons (Fsp3) is 0.333. The first kappa shape index (κ1) is 20.9. The number of carbonyl (C=O) groups is 2. The van der Waals surface area contributed by atoms with Crippen molar-refractivity contribution in [1.82, 2.24) is 10.2 Å². The van der Waals surface area contributed by atoms with Crippen molar-refractivity contribution in [2.45, 2.75) is 36.2 Å². The Morgan fingerprint density at radius 1 is 1.21 bits per heavy atom. The van der Waals surface area contributed by atoms with Crippen LogP contribution in [0.2, 0.25) is 0 Å². The van der Waals surface area contributed by atoms with Gasteiger partial charge in [0.05, 0.1) is 17.1 Å². The van der Waals surface area contributed by atoms with E-state index in [1.807, 2.05) is 51.1 Å². The van der Waals surface area contributed by atoms with Gasteiger partial charge in [0, 0.05) is 35.5 Å². The summed E-state index contributed by atoms with van der Waals surface area (Å²) in [5, 5.41) is 6.16. The summed E-state index contributed by atoms with van der Waals surface area (Å²) in [6, 6.07) is 11.4. The Labute approximate surface area is 175 Å². The predicted octanol–water partition coefficient (Wildman–Crippen LogP) is 4.07. The van der Waals surface area contributed by atoms with E-state index in [1.54, 1.807) is 24.9 Å². The maximum Gasteiger partial charge on any atom is 0.410 e. The Bertz CT molecular complexity index is 940. The molecule has 0 radical (unpaired) electrons. The van der Waals surface area contributed by atoms with Crippen LogP contribution in [0.15, 0.2) is 46.2 Å². The molecule has 2 aromatic carbocycles. The number of hydrogen-bond acceptors (Lipinski definition) is 6. The number of rotatable bonds is 4. The van der Waals surface area contributed by atoms with Crippen molar-refractivity contribution in [2.75, 3.05) is 31.2 Å². The van der Waals surface area contributed by atoms with Gasteiger partial charge in [0.15, 0.2) is 0 Å². The molecule has 29 heavy (non-hydrogen) atoms. The smallest absolute Gasteiger partial charge is 0.410 e. The van der Waals surface area contributed by atoms with Crippen LogP contribution in [0.1, 0.15) is 31.1 Å². The van der Waals surface area contributed by atoms with E-state index in [1.165, 1.54) is 4.90 Å². The number of ether oxygens (including phenoxy) is 1. The van der Waals surface area contributed by atoms with Crippen molar-refractivity contribution in [3.05, 3.63) is 42.0 Å². The summed E-state index contributed by atoms with van der Waals surface area (Å²) in [5.74, 6) is -0.239. The van der Waals surface area contributed by atoms with Gasteiger partial charge in [0.25, 0.3) is 5.91 Å². The van der Waals surface area contributed by atoms with Gasteiger partial charge in [0.1, 0.15) is 5.60 Å². The van der Waals surface area contributed by atoms with Crippen molar-refractivity contribution in [3.8, 4) is 0 Å². The second-order valence-electron chi connectivity index (χ2n) is 7.82. The average Bonchev–Trinajstić information content (AvgIpc) is 2.65. The molecule has 2 amide bonds. The lowest BCUT2D eigenvalue weighted by Gasteiger charge is -2.25. The molecule has 1 heterocycles. The van der Waals surface area contributed by atoms with Gasteiger partial charge in [-0.15, -0.1) is 0 Å². The van der Waals surface area contributed by atoms with Crippen LogP contribution in [0.3, 0.4) is 0 Å². The molecule has 154 valence electrons. The Kier molecular flexibility index (Phi) is 5.93. The zero-order chi connectivity index (χ0) is 21.2. The molecule has 0 aliphatic carbocycles. The highest BCUT2D eigenvalue weighted by Crippen LogP contribution is 2.46. The quantitative estimate of drug-likeness (QED) is 0.557. The maximum absolute atomic E-state index is 12.6. The number of nitrogens with zero attached hydrogens (tertiary/aromatic N) is 1. The number of amides is 2. The van der Waals surface area contributed by atoms with E-state index >= 15 is 0 Å². The van der Waals surface area contributed by atoms with Gasteiger partial charge in [-0.05, 0) is 45.0 Å². The number of benzene rings is 2. The minimum Gasteiger partial charge on any atom is -0.444 e. The van der Waals surface area contributed by atoms with E-state index in [-0.39, 0.29) is 5.91 Å². The molecule has 2 aromatic rings. The summed E-state index contributed by atoms with van der Waals surface area (Å²) in [4.78, 5) is 28.0. The molecule has 0 bridgehead atoms. The largest absolute Gasteiger partial charge is 0.444 e. The molecule has 0 spiro atoms. The molecule has 8 heteroatoms. The second kappa shape index (κ2) is 8.24. The summed E-state index contributed by atoms with van der Waals surface area (Å²) in [7, 11) is 1.64. The average molecular weight is 415 g/mol. The number of hydrogen-bond donors (Lipinski definition) is 3. The lowest BCUT2D eigenvalue weighted by molar-refractivity contribution is 0.0299.